The number of carbonyl (C=O) groups excluding carboxylic acids is 2. The van der Waals surface area contributed by atoms with Gasteiger partial charge in [0.05, 0.1) is 5.56 Å². The van der Waals surface area contributed by atoms with E-state index >= 15 is 0 Å². The van der Waals surface area contributed by atoms with Gasteiger partial charge in [0.25, 0.3) is 5.91 Å². The molecule has 1 heterocycles. The number of benzene rings is 1. The predicted octanol–water partition coefficient (Wildman–Crippen LogP) is 3.41. The zero-order valence-electron chi connectivity index (χ0n) is 14.5. The molecule has 5 heteroatoms. The molecule has 3 rings (SSSR count). The maximum Gasteiger partial charge on any atom is 0.341 e. The minimum atomic E-state index is -0.796. The molecule has 0 N–H and O–H groups in total. The SMILES string of the molecule is CC1(C)C[C@@H]2C[C@@](C)(CN2C(=O)COC(=O)c2ccccc2F)C1. The van der Waals surface area contributed by atoms with Crippen LogP contribution in [0.4, 0.5) is 4.39 Å². The molecule has 1 aromatic carbocycles. The number of hydrogen-bond acceptors (Lipinski definition) is 3. The molecule has 2 atom stereocenters. The van der Waals surface area contributed by atoms with Gasteiger partial charge in [-0.15, -0.1) is 0 Å². The van der Waals surface area contributed by atoms with Crippen molar-refractivity contribution < 1.29 is 18.7 Å². The van der Waals surface area contributed by atoms with Crippen LogP contribution in [0.5, 0.6) is 0 Å². The van der Waals surface area contributed by atoms with E-state index < -0.39 is 11.8 Å². The van der Waals surface area contributed by atoms with Gasteiger partial charge in [0.1, 0.15) is 5.82 Å². The van der Waals surface area contributed by atoms with Gasteiger partial charge in [0.15, 0.2) is 6.61 Å². The van der Waals surface area contributed by atoms with E-state index in [4.69, 9.17) is 4.74 Å². The summed E-state index contributed by atoms with van der Waals surface area (Å²) < 4.78 is 18.6. The van der Waals surface area contributed by atoms with E-state index in [9.17, 15) is 14.0 Å². The van der Waals surface area contributed by atoms with Gasteiger partial charge in [-0.2, -0.15) is 0 Å². The molecule has 1 saturated carbocycles. The van der Waals surface area contributed by atoms with Crippen LogP contribution in [0.3, 0.4) is 0 Å². The number of halogens is 1. The van der Waals surface area contributed by atoms with Gasteiger partial charge in [0, 0.05) is 12.6 Å². The highest BCUT2D eigenvalue weighted by molar-refractivity contribution is 5.91. The van der Waals surface area contributed by atoms with Crippen LogP contribution in [-0.4, -0.2) is 36.0 Å². The third kappa shape index (κ3) is 3.30. The Labute approximate surface area is 142 Å². The lowest BCUT2D eigenvalue weighted by molar-refractivity contribution is -0.135. The lowest BCUT2D eigenvalue weighted by atomic mass is 9.65. The topological polar surface area (TPSA) is 46.6 Å². The Bertz CT molecular complexity index is 672. The summed E-state index contributed by atoms with van der Waals surface area (Å²) in [7, 11) is 0. The predicted molar refractivity (Wildman–Crippen MR) is 87.9 cm³/mol. The average Bonchev–Trinajstić information content (AvgIpc) is 2.74. The zero-order chi connectivity index (χ0) is 17.5. The van der Waals surface area contributed by atoms with Gasteiger partial charge < -0.3 is 9.64 Å². The molecule has 1 amide bonds. The molecule has 0 unspecified atom stereocenters. The van der Waals surface area contributed by atoms with E-state index in [0.29, 0.717) is 6.54 Å². The molecule has 0 radical (unpaired) electrons. The van der Waals surface area contributed by atoms with E-state index in [-0.39, 0.29) is 34.9 Å². The van der Waals surface area contributed by atoms with Gasteiger partial charge in [-0.25, -0.2) is 9.18 Å². The zero-order valence-corrected chi connectivity index (χ0v) is 14.5. The standard InChI is InChI=1S/C19H24FNO3/c1-18(2)8-13-9-19(3,11-18)12-21(13)16(22)10-24-17(23)14-6-4-5-7-15(14)20/h4-7,13H,8-12H2,1-3H3/t13-,19-/m1/s1. The van der Waals surface area contributed by atoms with Gasteiger partial charge in [0.2, 0.25) is 0 Å². The molecule has 0 aromatic heterocycles. The molecule has 24 heavy (non-hydrogen) atoms. The van der Waals surface area contributed by atoms with Crippen LogP contribution in [0.1, 0.15) is 50.4 Å². The maximum atomic E-state index is 13.6. The fourth-order valence-electron chi connectivity index (χ4n) is 4.67. The van der Waals surface area contributed by atoms with Crippen LogP contribution in [0, 0.1) is 16.6 Å². The van der Waals surface area contributed by atoms with Gasteiger partial charge in [-0.3, -0.25) is 4.79 Å². The number of ether oxygens (including phenoxy) is 1. The summed E-state index contributed by atoms with van der Waals surface area (Å²) in [6.07, 6.45) is 3.06. The minimum absolute atomic E-state index is 0.137. The highest BCUT2D eigenvalue weighted by Gasteiger charge is 2.50. The molecule has 1 aliphatic carbocycles. The van der Waals surface area contributed by atoms with Crippen LogP contribution < -0.4 is 0 Å². The first kappa shape index (κ1) is 16.9. The molecule has 1 saturated heterocycles. The molecule has 1 aromatic rings. The smallest absolute Gasteiger partial charge is 0.341 e. The first-order valence-corrected chi connectivity index (χ1v) is 8.40. The lowest BCUT2D eigenvalue weighted by Gasteiger charge is -2.39. The maximum absolute atomic E-state index is 13.6. The van der Waals surface area contributed by atoms with Crippen molar-refractivity contribution >= 4 is 11.9 Å². The van der Waals surface area contributed by atoms with Gasteiger partial charge in [-0.1, -0.05) is 32.9 Å². The quantitative estimate of drug-likeness (QED) is 0.797. The minimum Gasteiger partial charge on any atom is -0.452 e. The van der Waals surface area contributed by atoms with Crippen LogP contribution in [-0.2, 0) is 9.53 Å². The summed E-state index contributed by atoms with van der Waals surface area (Å²) in [5.74, 6) is -1.62. The summed E-state index contributed by atoms with van der Waals surface area (Å²) in [6, 6.07) is 5.83. The Hall–Kier alpha value is -1.91. The number of rotatable bonds is 3. The number of esters is 1. The van der Waals surface area contributed by atoms with E-state index in [1.54, 1.807) is 6.07 Å². The van der Waals surface area contributed by atoms with E-state index in [1.165, 1.54) is 18.2 Å². The molecule has 4 nitrogen and oxygen atoms in total. The Kier molecular flexibility index (Phi) is 4.14. The number of likely N-dealkylation sites (tertiary alicyclic amines) is 1. The Morgan fingerprint density at radius 2 is 1.96 bits per heavy atom. The number of fused-ring (bicyclic) bond motifs is 2. The summed E-state index contributed by atoms with van der Waals surface area (Å²) in [5.41, 5.74) is 0.215. The first-order chi connectivity index (χ1) is 11.2. The number of carbonyl (C=O) groups is 2. The lowest BCUT2D eigenvalue weighted by Crippen LogP contribution is -2.39. The average molecular weight is 333 g/mol. The van der Waals surface area contributed by atoms with Crippen molar-refractivity contribution in [2.24, 2.45) is 10.8 Å². The first-order valence-electron chi connectivity index (χ1n) is 8.40. The van der Waals surface area contributed by atoms with Crippen LogP contribution in [0.2, 0.25) is 0 Å². The second-order valence-corrected chi connectivity index (χ2v) is 8.29. The summed E-state index contributed by atoms with van der Waals surface area (Å²) >= 11 is 0. The van der Waals surface area contributed by atoms with Crippen molar-refractivity contribution in [3.8, 4) is 0 Å². The van der Waals surface area contributed by atoms with Crippen molar-refractivity contribution in [3.05, 3.63) is 35.6 Å². The Morgan fingerprint density at radius 3 is 2.67 bits per heavy atom. The fraction of sp³-hybridized carbons (Fsp3) is 0.579. The normalized spacial score (nSPS) is 27.8. The molecular weight excluding hydrogens is 309 g/mol. The van der Waals surface area contributed by atoms with Crippen molar-refractivity contribution in [2.45, 2.75) is 46.1 Å². The van der Waals surface area contributed by atoms with E-state index in [0.717, 1.165) is 19.3 Å². The summed E-state index contributed by atoms with van der Waals surface area (Å²) in [4.78, 5) is 26.3. The second-order valence-electron chi connectivity index (χ2n) is 8.29. The summed E-state index contributed by atoms with van der Waals surface area (Å²) in [5, 5.41) is 0. The Morgan fingerprint density at radius 1 is 1.25 bits per heavy atom. The van der Waals surface area contributed by atoms with Crippen LogP contribution in [0.15, 0.2) is 24.3 Å². The highest BCUT2D eigenvalue weighted by atomic mass is 19.1. The van der Waals surface area contributed by atoms with Gasteiger partial charge in [-0.05, 0) is 42.2 Å². The Balaban J connectivity index is 1.62. The second kappa shape index (κ2) is 5.87. The van der Waals surface area contributed by atoms with Crippen molar-refractivity contribution in [1.82, 2.24) is 4.90 Å². The molecular formula is C19H24FNO3. The number of amides is 1. The number of nitrogens with zero attached hydrogens (tertiary/aromatic N) is 1. The molecule has 0 spiro atoms. The molecule has 130 valence electrons. The monoisotopic (exact) mass is 333 g/mol. The number of hydrogen-bond donors (Lipinski definition) is 0. The molecule has 2 bridgehead atoms. The third-order valence-corrected chi connectivity index (χ3v) is 5.16. The van der Waals surface area contributed by atoms with Crippen LogP contribution in [0.25, 0.3) is 0 Å². The van der Waals surface area contributed by atoms with E-state index in [2.05, 4.69) is 20.8 Å². The summed E-state index contributed by atoms with van der Waals surface area (Å²) in [6.45, 7) is 7.07. The van der Waals surface area contributed by atoms with E-state index in [1.807, 2.05) is 4.90 Å². The van der Waals surface area contributed by atoms with Crippen molar-refractivity contribution in [2.75, 3.05) is 13.2 Å². The fourth-order valence-corrected chi connectivity index (χ4v) is 4.67. The highest BCUT2D eigenvalue weighted by Crippen LogP contribution is 2.52. The molecule has 2 aliphatic rings. The van der Waals surface area contributed by atoms with Crippen molar-refractivity contribution in [3.63, 3.8) is 0 Å². The third-order valence-electron chi connectivity index (χ3n) is 5.16. The molecule has 1 aliphatic heterocycles. The molecule has 2 fully saturated rings. The largest absolute Gasteiger partial charge is 0.452 e. The van der Waals surface area contributed by atoms with Crippen LogP contribution >= 0.6 is 0 Å². The van der Waals surface area contributed by atoms with Gasteiger partial charge >= 0.3 is 5.97 Å². The van der Waals surface area contributed by atoms with Crippen molar-refractivity contribution in [1.29, 1.82) is 0 Å².